The van der Waals surface area contributed by atoms with Crippen molar-refractivity contribution >= 4 is 15.4 Å². The molecule has 0 fully saturated rings. The van der Waals surface area contributed by atoms with Gasteiger partial charge in [0.2, 0.25) is 0 Å². The molecule has 0 amide bonds. The minimum atomic E-state index is -4.22. The molecule has 0 aromatic rings. The number of rotatable bonds is 6. The van der Waals surface area contributed by atoms with Crippen molar-refractivity contribution < 1.29 is 37.6 Å². The fourth-order valence-corrected chi connectivity index (χ4v) is 1.34. The lowest BCUT2D eigenvalue weighted by Gasteiger charge is -2.09. The molecule has 8 nitrogen and oxygen atoms in total. The van der Waals surface area contributed by atoms with Crippen LogP contribution in [0.1, 0.15) is 27.7 Å². The van der Waals surface area contributed by atoms with Gasteiger partial charge in [0.05, 0.1) is 12.2 Å². The zero-order chi connectivity index (χ0) is 15.0. The first-order valence-electron chi connectivity index (χ1n) is 5.14. The van der Waals surface area contributed by atoms with E-state index < -0.39 is 21.5 Å². The van der Waals surface area contributed by atoms with Crippen LogP contribution in [-0.2, 0) is 22.9 Å². The molecule has 0 bridgehead atoms. The Kier molecular flexibility index (Phi) is 10.5. The molecular formula is C8H22O8P2. The van der Waals surface area contributed by atoms with Gasteiger partial charge in [-0.25, -0.2) is 4.57 Å². The summed E-state index contributed by atoms with van der Waals surface area (Å²) in [5, 5.41) is 0. The zero-order valence-corrected chi connectivity index (χ0v) is 12.9. The molecule has 0 radical (unpaired) electrons. The van der Waals surface area contributed by atoms with Crippen LogP contribution in [0.25, 0.3) is 0 Å². The standard InChI is InChI=1S/C5H13O4P.C3H9O4P/c1-5(2)8-4-9-10(3,6)7;1-3(2)7-8(4,5)6/h5H,4H2,1-3H3,(H,6,7);3H,1-2H3,(H2,4,5,6). The average molecular weight is 308 g/mol. The molecule has 0 saturated carbocycles. The monoisotopic (exact) mass is 308 g/mol. The highest BCUT2D eigenvalue weighted by Crippen LogP contribution is 2.37. The summed E-state index contributed by atoms with van der Waals surface area (Å²) < 4.78 is 33.8. The Balaban J connectivity index is 0. The molecule has 0 rings (SSSR count). The van der Waals surface area contributed by atoms with Gasteiger partial charge in [-0.05, 0) is 27.7 Å². The quantitative estimate of drug-likeness (QED) is 0.500. The summed E-state index contributed by atoms with van der Waals surface area (Å²) in [6.45, 7) is 7.75. The van der Waals surface area contributed by atoms with E-state index >= 15 is 0 Å². The summed E-state index contributed by atoms with van der Waals surface area (Å²) in [4.78, 5) is 24.7. The lowest BCUT2D eigenvalue weighted by molar-refractivity contribution is -0.0237. The van der Waals surface area contributed by atoms with Crippen molar-refractivity contribution in [2.24, 2.45) is 0 Å². The third-order valence-electron chi connectivity index (χ3n) is 1.04. The van der Waals surface area contributed by atoms with Crippen molar-refractivity contribution in [3.63, 3.8) is 0 Å². The fraction of sp³-hybridized carbons (Fsp3) is 1.00. The number of phosphoric acid groups is 1. The van der Waals surface area contributed by atoms with E-state index in [1.54, 1.807) is 13.8 Å². The molecule has 0 aliphatic carbocycles. The van der Waals surface area contributed by atoms with E-state index in [0.29, 0.717) is 0 Å². The van der Waals surface area contributed by atoms with E-state index in [0.717, 1.165) is 6.66 Å². The summed E-state index contributed by atoms with van der Waals surface area (Å²) >= 11 is 0. The van der Waals surface area contributed by atoms with Crippen molar-refractivity contribution in [1.82, 2.24) is 0 Å². The summed E-state index contributed by atoms with van der Waals surface area (Å²) in [6.07, 6.45) is -0.401. The van der Waals surface area contributed by atoms with Crippen LogP contribution in [0.5, 0.6) is 0 Å². The Morgan fingerprint density at radius 2 is 1.44 bits per heavy atom. The highest BCUT2D eigenvalue weighted by Gasteiger charge is 2.14. The van der Waals surface area contributed by atoms with Gasteiger partial charge in [0.25, 0.3) is 0 Å². The molecule has 0 heterocycles. The van der Waals surface area contributed by atoms with Crippen LogP contribution in [0.3, 0.4) is 0 Å². The molecule has 1 unspecified atom stereocenters. The highest BCUT2D eigenvalue weighted by molar-refractivity contribution is 7.51. The number of phosphoric ester groups is 1. The number of hydrogen-bond acceptors (Lipinski definition) is 5. The smallest absolute Gasteiger partial charge is 0.352 e. The Hall–Kier alpha value is 0.220. The minimum Gasteiger partial charge on any atom is -0.352 e. The van der Waals surface area contributed by atoms with Gasteiger partial charge in [0, 0.05) is 6.66 Å². The van der Waals surface area contributed by atoms with E-state index in [2.05, 4.69) is 9.05 Å². The molecule has 0 aromatic heterocycles. The van der Waals surface area contributed by atoms with Crippen LogP contribution in [0.2, 0.25) is 0 Å². The van der Waals surface area contributed by atoms with Gasteiger partial charge in [-0.15, -0.1) is 0 Å². The summed E-state index contributed by atoms with van der Waals surface area (Å²) in [5.74, 6) is 0. The molecule has 1 atom stereocenters. The second kappa shape index (κ2) is 9.18. The molecule has 112 valence electrons. The van der Waals surface area contributed by atoms with Crippen molar-refractivity contribution in [2.45, 2.75) is 39.9 Å². The molecule has 0 aliphatic heterocycles. The SMILES string of the molecule is CC(C)OCOP(C)(=O)O.CC(C)OP(=O)(O)O. The second-order valence-corrected chi connectivity index (χ2v) is 6.97. The molecule has 0 spiro atoms. The van der Waals surface area contributed by atoms with E-state index in [1.807, 2.05) is 13.8 Å². The van der Waals surface area contributed by atoms with Gasteiger partial charge in [-0.2, -0.15) is 0 Å². The van der Waals surface area contributed by atoms with Crippen LogP contribution in [-0.4, -0.2) is 40.3 Å². The van der Waals surface area contributed by atoms with Gasteiger partial charge in [-0.1, -0.05) is 0 Å². The molecule has 0 aliphatic rings. The topological polar surface area (TPSA) is 123 Å². The molecule has 0 saturated heterocycles. The third kappa shape index (κ3) is 25.2. The fourth-order valence-electron chi connectivity index (χ4n) is 0.539. The lowest BCUT2D eigenvalue weighted by Crippen LogP contribution is -2.05. The minimum absolute atomic E-state index is 0.0200. The zero-order valence-electron chi connectivity index (χ0n) is 11.1. The van der Waals surface area contributed by atoms with Crippen molar-refractivity contribution in [1.29, 1.82) is 0 Å². The van der Waals surface area contributed by atoms with Crippen molar-refractivity contribution in [3.05, 3.63) is 0 Å². The van der Waals surface area contributed by atoms with Crippen LogP contribution in [0.15, 0.2) is 0 Å². The summed E-state index contributed by atoms with van der Waals surface area (Å²) in [7, 11) is -7.57. The Morgan fingerprint density at radius 1 is 1.00 bits per heavy atom. The van der Waals surface area contributed by atoms with Crippen LogP contribution < -0.4 is 0 Å². The largest absolute Gasteiger partial charge is 0.469 e. The molecule has 10 heteroatoms. The van der Waals surface area contributed by atoms with Gasteiger partial charge >= 0.3 is 15.4 Å². The Labute approximate surface area is 107 Å². The first-order chi connectivity index (χ1) is 7.83. The van der Waals surface area contributed by atoms with Crippen molar-refractivity contribution in [3.8, 4) is 0 Å². The van der Waals surface area contributed by atoms with Crippen LogP contribution in [0, 0.1) is 0 Å². The van der Waals surface area contributed by atoms with E-state index in [1.165, 1.54) is 0 Å². The van der Waals surface area contributed by atoms with Gasteiger partial charge < -0.3 is 19.4 Å². The van der Waals surface area contributed by atoms with E-state index in [9.17, 15) is 9.13 Å². The number of hydrogen-bond donors (Lipinski definition) is 3. The predicted molar refractivity (Wildman–Crippen MR) is 66.2 cm³/mol. The maximum atomic E-state index is 10.4. The first-order valence-corrected chi connectivity index (χ1v) is 8.69. The Bertz CT molecular complexity index is 291. The lowest BCUT2D eigenvalue weighted by atomic mass is 10.5. The highest BCUT2D eigenvalue weighted by atomic mass is 31.2. The predicted octanol–water partition coefficient (Wildman–Crippen LogP) is 1.70. The molecular weight excluding hydrogens is 286 g/mol. The summed E-state index contributed by atoms with van der Waals surface area (Å²) in [5.41, 5.74) is 0. The van der Waals surface area contributed by atoms with E-state index in [-0.39, 0.29) is 12.9 Å². The van der Waals surface area contributed by atoms with Crippen LogP contribution in [0.4, 0.5) is 0 Å². The van der Waals surface area contributed by atoms with Gasteiger partial charge in [-0.3, -0.25) is 13.6 Å². The maximum absolute atomic E-state index is 10.4. The van der Waals surface area contributed by atoms with Gasteiger partial charge in [0.1, 0.15) is 0 Å². The number of ether oxygens (including phenoxy) is 1. The second-order valence-electron chi connectivity index (χ2n) is 3.91. The molecule has 18 heavy (non-hydrogen) atoms. The molecule has 0 aromatic carbocycles. The first kappa shape index (κ1) is 20.5. The third-order valence-corrected chi connectivity index (χ3v) is 2.32. The summed E-state index contributed by atoms with van der Waals surface area (Å²) in [6, 6.07) is 0. The average Bonchev–Trinajstić information content (AvgIpc) is 1.95. The molecule has 3 N–H and O–H groups in total. The normalized spacial score (nSPS) is 15.2. The van der Waals surface area contributed by atoms with E-state index in [4.69, 9.17) is 19.4 Å². The van der Waals surface area contributed by atoms with Gasteiger partial charge in [0.15, 0.2) is 6.79 Å². The van der Waals surface area contributed by atoms with Crippen LogP contribution >= 0.6 is 15.4 Å². The maximum Gasteiger partial charge on any atom is 0.469 e. The van der Waals surface area contributed by atoms with Crippen molar-refractivity contribution in [2.75, 3.05) is 13.5 Å². The Morgan fingerprint density at radius 3 is 1.61 bits per heavy atom.